The van der Waals surface area contributed by atoms with Gasteiger partial charge < -0.3 is 14.6 Å². The summed E-state index contributed by atoms with van der Waals surface area (Å²) < 4.78 is 12.2. The van der Waals surface area contributed by atoms with E-state index in [0.29, 0.717) is 5.92 Å². The van der Waals surface area contributed by atoms with E-state index in [1.165, 1.54) is 5.56 Å². The molecule has 6 heteroatoms. The third-order valence-electron chi connectivity index (χ3n) is 5.68. The summed E-state index contributed by atoms with van der Waals surface area (Å²) >= 11 is 0. The molecule has 25 heavy (non-hydrogen) atoms. The molecule has 3 rings (SSSR count). The molecule has 1 aromatic carbocycles. The Hall–Kier alpha value is -1.84. The zero-order valence-electron chi connectivity index (χ0n) is 15.3. The van der Waals surface area contributed by atoms with Gasteiger partial charge in [0.1, 0.15) is 6.42 Å². The fraction of sp³-hybridized carbons (Fsp3) is 0.579. The molecule has 1 aromatic rings. The fourth-order valence-corrected chi connectivity index (χ4v) is 3.26. The van der Waals surface area contributed by atoms with Crippen LogP contribution >= 0.6 is 0 Å². The Morgan fingerprint density at radius 3 is 2.28 bits per heavy atom. The predicted molar refractivity (Wildman–Crippen MR) is 96.3 cm³/mol. The molecule has 1 amide bonds. The van der Waals surface area contributed by atoms with E-state index >= 15 is 0 Å². The summed E-state index contributed by atoms with van der Waals surface area (Å²) in [7, 11) is -0.335. The van der Waals surface area contributed by atoms with Gasteiger partial charge in [0.05, 0.1) is 17.3 Å². The second kappa shape index (κ2) is 6.47. The van der Waals surface area contributed by atoms with E-state index in [2.05, 4.69) is 57.3 Å². The zero-order chi connectivity index (χ0) is 18.2. The van der Waals surface area contributed by atoms with Gasteiger partial charge in [-0.1, -0.05) is 24.3 Å². The number of hydrogen-bond acceptors (Lipinski definition) is 4. The van der Waals surface area contributed by atoms with Crippen LogP contribution < -0.4 is 10.8 Å². The van der Waals surface area contributed by atoms with Gasteiger partial charge in [-0.15, -0.1) is 0 Å². The predicted octanol–water partition coefficient (Wildman–Crippen LogP) is 2.26. The van der Waals surface area contributed by atoms with Gasteiger partial charge in [0.2, 0.25) is 5.91 Å². The average molecular weight is 340 g/mol. The van der Waals surface area contributed by atoms with E-state index in [0.717, 1.165) is 18.3 Å². The van der Waals surface area contributed by atoms with E-state index in [1.807, 2.05) is 6.07 Å². The van der Waals surface area contributed by atoms with Gasteiger partial charge in [-0.3, -0.25) is 4.79 Å². The molecule has 1 aliphatic heterocycles. The third-order valence-corrected chi connectivity index (χ3v) is 5.68. The number of carbonyl (C=O) groups is 1. The number of nitrogens with one attached hydrogen (secondary N) is 1. The van der Waals surface area contributed by atoms with Crippen molar-refractivity contribution in [3.05, 3.63) is 29.8 Å². The van der Waals surface area contributed by atoms with Crippen LogP contribution in [0.4, 0.5) is 0 Å². The highest BCUT2D eigenvalue weighted by Gasteiger charge is 2.51. The Labute approximate surface area is 149 Å². The monoisotopic (exact) mass is 340 g/mol. The lowest BCUT2D eigenvalue weighted by Gasteiger charge is -2.36. The number of carbonyl (C=O) groups excluding carboxylic acids is 1. The van der Waals surface area contributed by atoms with Crippen LogP contribution in [0.25, 0.3) is 0 Å². The van der Waals surface area contributed by atoms with Crippen molar-refractivity contribution in [2.24, 2.45) is 0 Å². The van der Waals surface area contributed by atoms with Crippen molar-refractivity contribution in [3.8, 4) is 6.07 Å². The van der Waals surface area contributed by atoms with Crippen LogP contribution in [0.1, 0.15) is 58.4 Å². The number of nitriles is 1. The zero-order valence-corrected chi connectivity index (χ0v) is 15.3. The highest BCUT2D eigenvalue weighted by atomic mass is 16.7. The molecule has 1 heterocycles. The van der Waals surface area contributed by atoms with Gasteiger partial charge in [-0.25, -0.2) is 0 Å². The van der Waals surface area contributed by atoms with Crippen molar-refractivity contribution in [1.29, 1.82) is 5.26 Å². The Morgan fingerprint density at radius 1 is 1.20 bits per heavy atom. The van der Waals surface area contributed by atoms with Crippen LogP contribution in [0.3, 0.4) is 0 Å². The van der Waals surface area contributed by atoms with Crippen molar-refractivity contribution in [1.82, 2.24) is 5.32 Å². The Bertz CT molecular complexity index is 672. The van der Waals surface area contributed by atoms with Crippen molar-refractivity contribution in [3.63, 3.8) is 0 Å². The van der Waals surface area contributed by atoms with Crippen LogP contribution in [0.2, 0.25) is 0 Å². The van der Waals surface area contributed by atoms with Crippen molar-refractivity contribution < 1.29 is 14.1 Å². The highest BCUT2D eigenvalue weighted by molar-refractivity contribution is 6.62. The Balaban J connectivity index is 1.56. The van der Waals surface area contributed by atoms with Crippen LogP contribution in [-0.2, 0) is 14.1 Å². The smallest absolute Gasteiger partial charge is 0.399 e. The SMILES string of the molecule is CC1(C)OB(c2ccc(C3CC(NC(=O)CC#N)C3)cc2)OC1(C)C. The van der Waals surface area contributed by atoms with Gasteiger partial charge in [0.15, 0.2) is 0 Å². The molecule has 1 aliphatic carbocycles. The van der Waals surface area contributed by atoms with Crippen LogP contribution in [0.15, 0.2) is 24.3 Å². The van der Waals surface area contributed by atoms with E-state index in [1.54, 1.807) is 0 Å². The third kappa shape index (κ3) is 3.58. The first-order valence-corrected chi connectivity index (χ1v) is 8.83. The molecule has 0 aromatic heterocycles. The summed E-state index contributed by atoms with van der Waals surface area (Å²) in [6.45, 7) is 8.21. The molecular weight excluding hydrogens is 315 g/mol. The lowest BCUT2D eigenvalue weighted by Crippen LogP contribution is -2.43. The number of nitrogens with zero attached hydrogens (tertiary/aromatic N) is 1. The van der Waals surface area contributed by atoms with E-state index in [4.69, 9.17) is 14.6 Å². The molecule has 0 spiro atoms. The van der Waals surface area contributed by atoms with E-state index in [-0.39, 0.29) is 36.7 Å². The summed E-state index contributed by atoms with van der Waals surface area (Å²) in [5.41, 5.74) is 1.63. The lowest BCUT2D eigenvalue weighted by atomic mass is 9.73. The molecule has 1 N–H and O–H groups in total. The van der Waals surface area contributed by atoms with Gasteiger partial charge >= 0.3 is 7.12 Å². The summed E-state index contributed by atoms with van der Waals surface area (Å²) in [6, 6.07) is 10.4. The maximum absolute atomic E-state index is 11.4. The number of rotatable bonds is 4. The summed E-state index contributed by atoms with van der Waals surface area (Å²) in [5, 5.41) is 11.4. The van der Waals surface area contributed by atoms with Gasteiger partial charge in [0, 0.05) is 6.04 Å². The minimum absolute atomic E-state index is 0.0655. The Morgan fingerprint density at radius 2 is 1.76 bits per heavy atom. The second-order valence-electron chi connectivity index (χ2n) is 8.02. The molecule has 0 atom stereocenters. The summed E-state index contributed by atoms with van der Waals surface area (Å²) in [4.78, 5) is 11.4. The topological polar surface area (TPSA) is 71.3 Å². The highest BCUT2D eigenvalue weighted by Crippen LogP contribution is 2.38. The van der Waals surface area contributed by atoms with E-state index in [9.17, 15) is 4.79 Å². The molecule has 2 fully saturated rings. The minimum Gasteiger partial charge on any atom is -0.399 e. The lowest BCUT2D eigenvalue weighted by molar-refractivity contribution is -0.121. The van der Waals surface area contributed by atoms with Gasteiger partial charge in [0.25, 0.3) is 0 Å². The molecule has 5 nitrogen and oxygen atoms in total. The standard InChI is InChI=1S/C19H25BN2O3/c1-18(2)19(3,4)25-20(24-18)15-7-5-13(6-8-15)14-11-16(12-14)22-17(23)9-10-21/h5-8,14,16H,9,11-12H2,1-4H3,(H,22,23). The molecule has 0 unspecified atom stereocenters. The first-order valence-electron chi connectivity index (χ1n) is 8.83. The fourth-order valence-electron chi connectivity index (χ4n) is 3.26. The molecule has 0 bridgehead atoms. The molecular formula is C19H25BN2O3. The van der Waals surface area contributed by atoms with Crippen molar-refractivity contribution >= 4 is 18.5 Å². The number of hydrogen-bond donors (Lipinski definition) is 1. The largest absolute Gasteiger partial charge is 0.494 e. The number of amides is 1. The van der Waals surface area contributed by atoms with Gasteiger partial charge in [-0.05, 0) is 57.5 Å². The molecule has 132 valence electrons. The molecule has 1 saturated carbocycles. The second-order valence-corrected chi connectivity index (χ2v) is 8.02. The quantitative estimate of drug-likeness (QED) is 0.854. The summed E-state index contributed by atoms with van der Waals surface area (Å²) in [5.74, 6) is 0.279. The molecule has 0 radical (unpaired) electrons. The normalized spacial score (nSPS) is 26.6. The van der Waals surface area contributed by atoms with E-state index < -0.39 is 0 Å². The number of benzene rings is 1. The maximum Gasteiger partial charge on any atom is 0.494 e. The van der Waals surface area contributed by atoms with Crippen molar-refractivity contribution in [2.75, 3.05) is 0 Å². The van der Waals surface area contributed by atoms with Crippen LogP contribution in [0.5, 0.6) is 0 Å². The molecule has 1 saturated heterocycles. The first kappa shape index (κ1) is 18.0. The van der Waals surface area contributed by atoms with Gasteiger partial charge in [-0.2, -0.15) is 5.26 Å². The Kier molecular flexibility index (Phi) is 4.65. The van der Waals surface area contributed by atoms with Crippen LogP contribution in [-0.4, -0.2) is 30.3 Å². The average Bonchev–Trinajstić information content (AvgIpc) is 2.71. The first-order chi connectivity index (χ1) is 11.7. The minimum atomic E-state index is -0.335. The maximum atomic E-state index is 11.4. The molecule has 2 aliphatic rings. The van der Waals surface area contributed by atoms with Crippen molar-refractivity contribution in [2.45, 2.75) is 70.1 Å². The van der Waals surface area contributed by atoms with Crippen LogP contribution in [0, 0.1) is 11.3 Å². The summed E-state index contributed by atoms with van der Waals surface area (Å²) in [6.07, 6.45) is 1.78.